The van der Waals surface area contributed by atoms with E-state index in [4.69, 9.17) is 11.5 Å². The minimum absolute atomic E-state index is 0.0616. The van der Waals surface area contributed by atoms with Gasteiger partial charge in [-0.25, -0.2) is 4.79 Å². The van der Waals surface area contributed by atoms with Crippen LogP contribution in [0, 0.1) is 11.8 Å². The quantitative estimate of drug-likeness (QED) is 0.0417. The van der Waals surface area contributed by atoms with Crippen LogP contribution >= 0.6 is 0 Å². The summed E-state index contributed by atoms with van der Waals surface area (Å²) in [5.74, 6) is -10.4. The number of rotatable bonds is 30. The van der Waals surface area contributed by atoms with E-state index in [1.54, 1.807) is 88.4 Å². The summed E-state index contributed by atoms with van der Waals surface area (Å²) >= 11 is 0. The molecule has 23 heteroatoms. The molecule has 0 aliphatic carbocycles. The number of aliphatic hydroxyl groups excluding tert-OH is 1. The predicted molar refractivity (Wildman–Crippen MR) is 271 cm³/mol. The van der Waals surface area contributed by atoms with Crippen molar-refractivity contribution in [1.29, 1.82) is 0 Å². The number of nitrogens with one attached hydrogen (secondary N) is 7. The third-order valence-electron chi connectivity index (χ3n) is 12.8. The van der Waals surface area contributed by atoms with Gasteiger partial charge in [0.15, 0.2) is 0 Å². The Morgan fingerprint density at radius 3 is 1.70 bits per heavy atom. The maximum atomic E-state index is 14.1. The molecule has 1 aliphatic rings. The lowest BCUT2D eigenvalue weighted by atomic mass is 9.97. The molecule has 8 amide bonds. The number of aliphatic carboxylic acids is 2. The Bertz CT molecular complexity index is 2230. The third kappa shape index (κ3) is 19.1. The Labute approximate surface area is 431 Å². The lowest BCUT2D eigenvalue weighted by molar-refractivity contribution is -0.144. The molecule has 1 saturated heterocycles. The largest absolute Gasteiger partial charge is 0.481 e. The van der Waals surface area contributed by atoms with E-state index in [2.05, 4.69) is 37.2 Å². The zero-order valence-electron chi connectivity index (χ0n) is 43.0. The molecule has 0 bridgehead atoms. The number of hydrogen-bond acceptors (Lipinski definition) is 13. The summed E-state index contributed by atoms with van der Waals surface area (Å²) in [6.45, 7) is 9.77. The van der Waals surface area contributed by atoms with Crippen molar-refractivity contribution in [3.05, 3.63) is 71.8 Å². The second-order valence-corrected chi connectivity index (χ2v) is 19.1. The first-order valence-electron chi connectivity index (χ1n) is 25.1. The zero-order chi connectivity index (χ0) is 55.2. The molecule has 0 radical (unpaired) electrons. The molecule has 1 fully saturated rings. The topological polar surface area (TPSA) is 371 Å². The molecule has 23 nitrogen and oxygen atoms in total. The van der Waals surface area contributed by atoms with Crippen LogP contribution in [0.3, 0.4) is 0 Å². The van der Waals surface area contributed by atoms with Crippen molar-refractivity contribution in [3.8, 4) is 0 Å². The molecule has 0 spiro atoms. The van der Waals surface area contributed by atoms with Gasteiger partial charge in [0.2, 0.25) is 47.3 Å². The molecule has 74 heavy (non-hydrogen) atoms. The number of nitrogens with zero attached hydrogens (tertiary/aromatic N) is 1. The Kier molecular flexibility index (Phi) is 25.1. The first-order chi connectivity index (χ1) is 35.0. The lowest BCUT2D eigenvalue weighted by Crippen LogP contribution is -2.61. The van der Waals surface area contributed by atoms with Gasteiger partial charge in [-0.1, -0.05) is 94.8 Å². The van der Waals surface area contributed by atoms with Crippen molar-refractivity contribution in [2.75, 3.05) is 13.1 Å². The smallest absolute Gasteiger partial charge is 0.326 e. The number of carbonyl (C=O) groups excluding carboxylic acids is 8. The number of nitrogens with two attached hydrogens (primary N) is 2. The predicted octanol–water partition coefficient (Wildman–Crippen LogP) is -1.03. The standard InChI is InChI=1S/C51H76N10O13/c1-7-29(4)41(51(73)74)59-48(70)40(28(2)3)58-47(69)38-22-16-24-61(38)50(72)30(5)54-45(67)36(26-33-19-12-9-13-20-33)56-46(68)37(27-39(63)64)57-44(66)35(21-14-15-23-52)55-49(71)42(31(6)62)60-43(65)34(53)25-32-17-10-8-11-18-32/h8-13,17-20,28-31,34-38,40-42,62H,7,14-16,21-27,52-53H2,1-6H3,(H,54,67)(H,55,71)(H,56,68)(H,57,66)(H,58,69)(H,59,70)(H,60,65)(H,63,64)(H,73,74)/t29-,30-,31+,34-,35-,36-,37-,38-,40-,41-,42-/m0/s1. The van der Waals surface area contributed by atoms with E-state index in [-0.39, 0.29) is 45.2 Å². The number of amides is 8. The fourth-order valence-electron chi connectivity index (χ4n) is 8.28. The molecule has 1 aliphatic heterocycles. The van der Waals surface area contributed by atoms with Gasteiger partial charge in [-0.15, -0.1) is 0 Å². The van der Waals surface area contributed by atoms with Crippen LogP contribution in [0.2, 0.25) is 0 Å². The van der Waals surface area contributed by atoms with Crippen LogP contribution in [0.5, 0.6) is 0 Å². The maximum absolute atomic E-state index is 14.1. The highest BCUT2D eigenvalue weighted by Gasteiger charge is 2.40. The summed E-state index contributed by atoms with van der Waals surface area (Å²) in [6, 6.07) is 5.15. The second-order valence-electron chi connectivity index (χ2n) is 19.1. The van der Waals surface area contributed by atoms with Gasteiger partial charge in [-0.3, -0.25) is 43.2 Å². The average Bonchev–Trinajstić information content (AvgIpc) is 3.85. The fraction of sp³-hybridized carbons (Fsp3) is 0.569. The van der Waals surface area contributed by atoms with Gasteiger partial charge in [0, 0.05) is 13.0 Å². The van der Waals surface area contributed by atoms with E-state index < -0.39 is 138 Å². The van der Waals surface area contributed by atoms with Crippen molar-refractivity contribution in [2.24, 2.45) is 23.3 Å². The molecule has 408 valence electrons. The van der Waals surface area contributed by atoms with Crippen LogP contribution < -0.4 is 48.7 Å². The molecular weight excluding hydrogens is 961 g/mol. The molecule has 2 aromatic carbocycles. The van der Waals surface area contributed by atoms with E-state index >= 15 is 0 Å². The third-order valence-corrected chi connectivity index (χ3v) is 12.8. The molecule has 2 aromatic rings. The van der Waals surface area contributed by atoms with Gasteiger partial charge in [0.1, 0.15) is 48.3 Å². The highest BCUT2D eigenvalue weighted by atomic mass is 16.4. The average molecular weight is 1040 g/mol. The van der Waals surface area contributed by atoms with E-state index in [9.17, 15) is 63.3 Å². The highest BCUT2D eigenvalue weighted by molar-refractivity contribution is 5.99. The number of carboxylic acid groups (broad SMARTS) is 2. The van der Waals surface area contributed by atoms with Gasteiger partial charge in [0.25, 0.3) is 0 Å². The first-order valence-corrected chi connectivity index (χ1v) is 25.1. The Morgan fingerprint density at radius 2 is 1.16 bits per heavy atom. The van der Waals surface area contributed by atoms with Gasteiger partial charge >= 0.3 is 11.9 Å². The molecule has 0 aromatic heterocycles. The number of likely N-dealkylation sites (tertiary alicyclic amines) is 1. The number of aliphatic hydroxyl groups is 1. The number of unbranched alkanes of at least 4 members (excludes halogenated alkanes) is 1. The molecule has 11 atom stereocenters. The summed E-state index contributed by atoms with van der Waals surface area (Å²) < 4.78 is 0. The van der Waals surface area contributed by atoms with Crippen molar-refractivity contribution in [1.82, 2.24) is 42.1 Å². The van der Waals surface area contributed by atoms with E-state index in [0.29, 0.717) is 24.8 Å². The van der Waals surface area contributed by atoms with Gasteiger partial charge < -0.3 is 68.9 Å². The molecular formula is C51H76N10O13. The van der Waals surface area contributed by atoms with Crippen molar-refractivity contribution in [3.63, 3.8) is 0 Å². The summed E-state index contributed by atoms with van der Waals surface area (Å²) in [5.41, 5.74) is 13.1. The summed E-state index contributed by atoms with van der Waals surface area (Å²) in [5, 5.41) is 47.8. The minimum Gasteiger partial charge on any atom is -0.481 e. The van der Waals surface area contributed by atoms with Crippen molar-refractivity contribution < 1.29 is 63.3 Å². The number of carboxylic acids is 2. The van der Waals surface area contributed by atoms with Gasteiger partial charge in [-0.2, -0.15) is 0 Å². The van der Waals surface area contributed by atoms with E-state index in [1.165, 1.54) is 18.7 Å². The van der Waals surface area contributed by atoms with Crippen molar-refractivity contribution >= 4 is 59.2 Å². The number of carbonyl (C=O) groups is 10. The maximum Gasteiger partial charge on any atom is 0.326 e. The summed E-state index contributed by atoms with van der Waals surface area (Å²) in [4.78, 5) is 135. The fourth-order valence-corrected chi connectivity index (χ4v) is 8.28. The SMILES string of the molecule is CC[C@H](C)[C@H](NC(=O)[C@@H](NC(=O)[C@@H]1CCCN1C(=O)[C@H](C)NC(=O)[C@H](Cc1ccccc1)NC(=O)[C@H](CC(=O)O)NC(=O)[C@H](CCCCN)NC(=O)[C@@H](NC(=O)[C@@H](N)Cc1ccccc1)[C@@H](C)O)C(C)C)C(=O)O. The first kappa shape index (κ1) is 61.3. The van der Waals surface area contributed by atoms with Crippen LogP contribution in [0.1, 0.15) is 97.6 Å². The van der Waals surface area contributed by atoms with Crippen molar-refractivity contribution in [2.45, 2.75) is 160 Å². The van der Waals surface area contributed by atoms with Crippen LogP contribution in [0.4, 0.5) is 0 Å². The zero-order valence-corrected chi connectivity index (χ0v) is 43.0. The Morgan fingerprint density at radius 1 is 0.635 bits per heavy atom. The van der Waals surface area contributed by atoms with Crippen LogP contribution in [-0.2, 0) is 60.8 Å². The number of benzene rings is 2. The van der Waals surface area contributed by atoms with Crippen LogP contribution in [0.25, 0.3) is 0 Å². The monoisotopic (exact) mass is 1040 g/mol. The summed E-state index contributed by atoms with van der Waals surface area (Å²) in [7, 11) is 0. The van der Waals surface area contributed by atoms with Crippen LogP contribution in [0.15, 0.2) is 60.7 Å². The van der Waals surface area contributed by atoms with E-state index in [1.807, 2.05) is 0 Å². The lowest BCUT2D eigenvalue weighted by Gasteiger charge is -2.31. The van der Waals surface area contributed by atoms with Gasteiger partial charge in [0.05, 0.1) is 18.6 Å². The summed E-state index contributed by atoms with van der Waals surface area (Å²) in [6.07, 6.45) is -0.787. The molecule has 0 unspecified atom stereocenters. The molecule has 3 rings (SSSR count). The Balaban J connectivity index is 1.81. The van der Waals surface area contributed by atoms with E-state index in [0.717, 1.165) is 5.56 Å². The normalized spacial score (nSPS) is 17.3. The van der Waals surface area contributed by atoms with Gasteiger partial charge in [-0.05, 0) is 81.9 Å². The molecule has 0 saturated carbocycles. The Hall–Kier alpha value is -6.98. The highest BCUT2D eigenvalue weighted by Crippen LogP contribution is 2.20. The second kappa shape index (κ2) is 30.3. The number of hydrogen-bond donors (Lipinski definition) is 12. The minimum atomic E-state index is -1.83. The van der Waals surface area contributed by atoms with Crippen LogP contribution in [-0.4, -0.2) is 153 Å². The molecule has 14 N–H and O–H groups in total. The molecule has 1 heterocycles.